The number of hydrogen-bond donors (Lipinski definition) is 1. The smallest absolute Gasteiger partial charge is 0.255 e. The van der Waals surface area contributed by atoms with E-state index in [1.54, 1.807) is 24.9 Å². The highest BCUT2D eigenvalue weighted by Gasteiger charge is 2.14. The van der Waals surface area contributed by atoms with Crippen molar-refractivity contribution in [1.82, 2.24) is 25.2 Å². The second-order valence-electron chi connectivity index (χ2n) is 6.79. The molecule has 0 spiro atoms. The third-order valence-corrected chi connectivity index (χ3v) is 4.67. The molecule has 4 aromatic rings. The van der Waals surface area contributed by atoms with Crippen LogP contribution in [0.5, 0.6) is 5.75 Å². The van der Waals surface area contributed by atoms with E-state index in [1.807, 2.05) is 55.5 Å². The number of ether oxygens (including phenoxy) is 1. The second kappa shape index (κ2) is 8.20. The minimum atomic E-state index is -0.173. The predicted molar refractivity (Wildman–Crippen MR) is 110 cm³/mol. The van der Waals surface area contributed by atoms with Crippen molar-refractivity contribution in [2.75, 3.05) is 7.11 Å². The van der Waals surface area contributed by atoms with Crippen molar-refractivity contribution in [3.63, 3.8) is 0 Å². The molecule has 1 amide bonds. The minimum Gasteiger partial charge on any atom is -0.497 e. The van der Waals surface area contributed by atoms with Gasteiger partial charge in [0.05, 0.1) is 24.1 Å². The van der Waals surface area contributed by atoms with E-state index in [2.05, 4.69) is 20.6 Å². The Hall–Kier alpha value is -3.94. The lowest BCUT2D eigenvalue weighted by Gasteiger charge is -2.05. The largest absolute Gasteiger partial charge is 0.497 e. The van der Waals surface area contributed by atoms with Gasteiger partial charge >= 0.3 is 0 Å². The molecule has 4 rings (SSSR count). The molecule has 0 saturated carbocycles. The van der Waals surface area contributed by atoms with Gasteiger partial charge in [-0.25, -0.2) is 4.68 Å². The lowest BCUT2D eigenvalue weighted by Crippen LogP contribution is -2.23. The minimum absolute atomic E-state index is 0.173. The van der Waals surface area contributed by atoms with Crippen LogP contribution in [0, 0.1) is 13.8 Å². The third kappa shape index (κ3) is 4.07. The summed E-state index contributed by atoms with van der Waals surface area (Å²) in [5, 5.41) is 11.3. The van der Waals surface area contributed by atoms with Gasteiger partial charge in [-0.05, 0) is 48.9 Å². The highest BCUT2D eigenvalue weighted by Crippen LogP contribution is 2.19. The number of aromatic nitrogens is 4. The Morgan fingerprint density at radius 1 is 1.10 bits per heavy atom. The van der Waals surface area contributed by atoms with Gasteiger partial charge in [0.1, 0.15) is 5.75 Å². The molecule has 0 radical (unpaired) electrons. The predicted octanol–water partition coefficient (Wildman–Crippen LogP) is 3.48. The first kappa shape index (κ1) is 19.4. The molecular weight excluding hydrogens is 382 g/mol. The van der Waals surface area contributed by atoms with Gasteiger partial charge in [0.25, 0.3) is 5.91 Å². The third-order valence-electron chi connectivity index (χ3n) is 4.67. The fourth-order valence-corrected chi connectivity index (χ4v) is 3.02. The molecule has 152 valence electrons. The van der Waals surface area contributed by atoms with Gasteiger partial charge in [-0.2, -0.15) is 10.1 Å². The molecular formula is C22H21N5O3. The number of amides is 1. The maximum Gasteiger partial charge on any atom is 0.255 e. The summed E-state index contributed by atoms with van der Waals surface area (Å²) in [6.45, 7) is 3.99. The number of rotatable bonds is 6. The molecule has 0 fully saturated rings. The quantitative estimate of drug-likeness (QED) is 0.530. The zero-order valence-electron chi connectivity index (χ0n) is 16.9. The Morgan fingerprint density at radius 2 is 1.83 bits per heavy atom. The molecule has 1 N–H and O–H groups in total. The number of carbonyl (C=O) groups excluding carboxylic acids is 1. The summed E-state index contributed by atoms with van der Waals surface area (Å²) in [7, 11) is 1.62. The Kier molecular flexibility index (Phi) is 5.30. The SMILES string of the molecule is COc1ccc(CNC(=O)c2cn(-c3ccc(-c4noc(C)n4)cc3)nc2C)cc1. The number of nitrogens with one attached hydrogen (secondary N) is 1. The van der Waals surface area contributed by atoms with Gasteiger partial charge in [-0.3, -0.25) is 4.79 Å². The van der Waals surface area contributed by atoms with E-state index in [9.17, 15) is 4.79 Å². The number of benzene rings is 2. The Bertz CT molecular complexity index is 1160. The number of methoxy groups -OCH3 is 1. The topological polar surface area (TPSA) is 95.1 Å². The average Bonchev–Trinajstić information content (AvgIpc) is 3.38. The molecule has 2 aromatic carbocycles. The molecule has 30 heavy (non-hydrogen) atoms. The number of hydrogen-bond acceptors (Lipinski definition) is 6. The molecule has 0 aliphatic heterocycles. The molecule has 0 bridgehead atoms. The lowest BCUT2D eigenvalue weighted by molar-refractivity contribution is 0.0950. The van der Waals surface area contributed by atoms with Crippen LogP contribution >= 0.6 is 0 Å². The van der Waals surface area contributed by atoms with Crippen molar-refractivity contribution in [3.8, 4) is 22.8 Å². The molecule has 8 nitrogen and oxygen atoms in total. The van der Waals surface area contributed by atoms with Crippen molar-refractivity contribution in [2.24, 2.45) is 0 Å². The van der Waals surface area contributed by atoms with E-state index in [-0.39, 0.29) is 5.91 Å². The number of carbonyl (C=O) groups is 1. The molecule has 0 saturated heterocycles. The summed E-state index contributed by atoms with van der Waals surface area (Å²) in [4.78, 5) is 16.9. The summed E-state index contributed by atoms with van der Waals surface area (Å²) < 4.78 is 11.8. The van der Waals surface area contributed by atoms with E-state index in [4.69, 9.17) is 9.26 Å². The molecule has 0 aliphatic carbocycles. The van der Waals surface area contributed by atoms with Crippen LogP contribution < -0.4 is 10.1 Å². The van der Waals surface area contributed by atoms with E-state index < -0.39 is 0 Å². The summed E-state index contributed by atoms with van der Waals surface area (Å²) in [6, 6.07) is 15.1. The first-order chi connectivity index (χ1) is 14.5. The number of nitrogens with zero attached hydrogens (tertiary/aromatic N) is 4. The normalized spacial score (nSPS) is 10.8. The van der Waals surface area contributed by atoms with Crippen LogP contribution in [0.4, 0.5) is 0 Å². The Morgan fingerprint density at radius 3 is 2.47 bits per heavy atom. The molecule has 0 unspecified atom stereocenters. The van der Waals surface area contributed by atoms with Gasteiger partial charge in [-0.15, -0.1) is 0 Å². The first-order valence-corrected chi connectivity index (χ1v) is 9.42. The second-order valence-corrected chi connectivity index (χ2v) is 6.79. The maximum absolute atomic E-state index is 12.6. The molecule has 0 aliphatic rings. The zero-order valence-corrected chi connectivity index (χ0v) is 16.9. The number of aryl methyl sites for hydroxylation is 2. The highest BCUT2D eigenvalue weighted by atomic mass is 16.5. The standard InChI is InChI=1S/C22H21N5O3/c1-14-20(22(28)23-12-16-4-10-19(29-3)11-5-16)13-27(25-14)18-8-6-17(7-9-18)21-24-15(2)30-26-21/h4-11,13H,12H2,1-3H3,(H,23,28). The van der Waals surface area contributed by atoms with Crippen molar-refractivity contribution >= 4 is 5.91 Å². The molecule has 2 heterocycles. The van der Waals surface area contributed by atoms with Gasteiger partial charge < -0.3 is 14.6 Å². The Balaban J connectivity index is 1.46. The van der Waals surface area contributed by atoms with E-state index in [1.165, 1.54) is 0 Å². The van der Waals surface area contributed by atoms with Gasteiger partial charge in [0.2, 0.25) is 11.7 Å². The zero-order chi connectivity index (χ0) is 21.1. The fourth-order valence-electron chi connectivity index (χ4n) is 3.02. The van der Waals surface area contributed by atoms with E-state index >= 15 is 0 Å². The van der Waals surface area contributed by atoms with Crippen LogP contribution in [0.3, 0.4) is 0 Å². The van der Waals surface area contributed by atoms with Crippen LogP contribution in [-0.4, -0.2) is 32.9 Å². The van der Waals surface area contributed by atoms with Crippen LogP contribution in [0.15, 0.2) is 59.3 Å². The monoisotopic (exact) mass is 403 g/mol. The first-order valence-electron chi connectivity index (χ1n) is 9.42. The summed E-state index contributed by atoms with van der Waals surface area (Å²) >= 11 is 0. The van der Waals surface area contributed by atoms with Crippen LogP contribution in [0.1, 0.15) is 27.5 Å². The van der Waals surface area contributed by atoms with Crippen molar-refractivity contribution < 1.29 is 14.1 Å². The van der Waals surface area contributed by atoms with Crippen molar-refractivity contribution in [1.29, 1.82) is 0 Å². The van der Waals surface area contributed by atoms with Gasteiger partial charge in [-0.1, -0.05) is 17.3 Å². The van der Waals surface area contributed by atoms with Gasteiger partial charge in [0, 0.05) is 25.2 Å². The fraction of sp³-hybridized carbons (Fsp3) is 0.182. The summed E-state index contributed by atoms with van der Waals surface area (Å²) in [6.07, 6.45) is 1.73. The van der Waals surface area contributed by atoms with Crippen molar-refractivity contribution in [2.45, 2.75) is 20.4 Å². The van der Waals surface area contributed by atoms with Gasteiger partial charge in [0.15, 0.2) is 0 Å². The van der Waals surface area contributed by atoms with E-state index in [0.717, 1.165) is 22.6 Å². The Labute approximate surface area is 173 Å². The van der Waals surface area contributed by atoms with Crippen LogP contribution in [0.2, 0.25) is 0 Å². The van der Waals surface area contributed by atoms with Crippen LogP contribution in [-0.2, 0) is 6.54 Å². The summed E-state index contributed by atoms with van der Waals surface area (Å²) in [5.41, 5.74) is 3.84. The highest BCUT2D eigenvalue weighted by molar-refractivity contribution is 5.95. The van der Waals surface area contributed by atoms with Crippen LogP contribution in [0.25, 0.3) is 17.1 Å². The summed E-state index contributed by atoms with van der Waals surface area (Å²) in [5.74, 6) is 1.66. The maximum atomic E-state index is 12.6. The molecule has 0 atom stereocenters. The molecule has 2 aromatic heterocycles. The molecule has 8 heteroatoms. The average molecular weight is 403 g/mol. The van der Waals surface area contributed by atoms with Crippen molar-refractivity contribution in [3.05, 3.63) is 77.4 Å². The van der Waals surface area contributed by atoms with E-state index in [0.29, 0.717) is 29.5 Å². The lowest BCUT2D eigenvalue weighted by atomic mass is 10.2.